The van der Waals surface area contributed by atoms with Crippen molar-refractivity contribution < 1.29 is 23.9 Å². The zero-order valence-electron chi connectivity index (χ0n) is 19.4. The number of hydrogen-bond acceptors (Lipinski definition) is 6. The van der Waals surface area contributed by atoms with Gasteiger partial charge in [-0.3, -0.25) is 20.2 Å². The number of hydrogen-bond donors (Lipinski definition) is 3. The van der Waals surface area contributed by atoms with E-state index < -0.39 is 6.09 Å². The SMILES string of the molecule is CCC(=O)NC(=Nc1cc(Oc2ccccc2)ccc1NC(=O)C1CCCCC1)NC(=O)OC. The molecule has 0 radical (unpaired) electrons. The van der Waals surface area contributed by atoms with E-state index in [4.69, 9.17) is 4.74 Å². The van der Waals surface area contributed by atoms with Crippen LogP contribution in [0.3, 0.4) is 0 Å². The average molecular weight is 467 g/mol. The quantitative estimate of drug-likeness (QED) is 0.415. The van der Waals surface area contributed by atoms with Crippen molar-refractivity contribution >= 4 is 35.2 Å². The summed E-state index contributed by atoms with van der Waals surface area (Å²) in [4.78, 5) is 41.1. The number of para-hydroxylation sites is 1. The van der Waals surface area contributed by atoms with Gasteiger partial charge in [-0.15, -0.1) is 0 Å². The number of aliphatic imine (C=N–C) groups is 1. The van der Waals surface area contributed by atoms with Crippen LogP contribution in [0, 0.1) is 5.92 Å². The number of anilines is 1. The number of amides is 3. The van der Waals surface area contributed by atoms with Gasteiger partial charge in [0, 0.05) is 18.4 Å². The van der Waals surface area contributed by atoms with Gasteiger partial charge in [-0.1, -0.05) is 44.4 Å². The number of rotatable bonds is 6. The Balaban J connectivity index is 1.94. The minimum atomic E-state index is -0.792. The first-order chi connectivity index (χ1) is 16.5. The largest absolute Gasteiger partial charge is 0.457 e. The van der Waals surface area contributed by atoms with Gasteiger partial charge in [0.25, 0.3) is 0 Å². The minimum absolute atomic E-state index is 0.0571. The number of methoxy groups -OCH3 is 1. The maximum absolute atomic E-state index is 12.9. The fourth-order valence-electron chi connectivity index (χ4n) is 3.57. The van der Waals surface area contributed by atoms with Gasteiger partial charge in [0.15, 0.2) is 0 Å². The number of benzene rings is 2. The molecular formula is C25H30N4O5. The van der Waals surface area contributed by atoms with Crippen molar-refractivity contribution in [3.05, 3.63) is 48.5 Å². The molecule has 1 fully saturated rings. The van der Waals surface area contributed by atoms with Gasteiger partial charge >= 0.3 is 6.09 Å². The Morgan fingerprint density at radius 2 is 1.71 bits per heavy atom. The molecule has 2 aromatic rings. The molecule has 0 bridgehead atoms. The zero-order chi connectivity index (χ0) is 24.3. The predicted molar refractivity (Wildman–Crippen MR) is 129 cm³/mol. The van der Waals surface area contributed by atoms with Gasteiger partial charge in [0.05, 0.1) is 18.5 Å². The summed E-state index contributed by atoms with van der Waals surface area (Å²) in [5, 5.41) is 7.89. The maximum atomic E-state index is 12.9. The lowest BCUT2D eigenvalue weighted by molar-refractivity contribution is -0.121. The molecule has 3 N–H and O–H groups in total. The number of carbonyl (C=O) groups is 3. The molecule has 180 valence electrons. The minimum Gasteiger partial charge on any atom is -0.457 e. The van der Waals surface area contributed by atoms with Crippen LogP contribution < -0.4 is 20.7 Å². The second-order valence-electron chi connectivity index (χ2n) is 7.90. The molecule has 0 heterocycles. The lowest BCUT2D eigenvalue weighted by atomic mass is 9.88. The van der Waals surface area contributed by atoms with Crippen LogP contribution in [-0.2, 0) is 14.3 Å². The van der Waals surface area contributed by atoms with Crippen LogP contribution in [0.1, 0.15) is 45.4 Å². The fourth-order valence-corrected chi connectivity index (χ4v) is 3.57. The molecule has 9 heteroatoms. The van der Waals surface area contributed by atoms with E-state index in [1.165, 1.54) is 7.11 Å². The topological polar surface area (TPSA) is 118 Å². The molecule has 3 rings (SSSR count). The normalized spacial score (nSPS) is 14.1. The van der Waals surface area contributed by atoms with Crippen molar-refractivity contribution in [1.82, 2.24) is 10.6 Å². The van der Waals surface area contributed by atoms with Crippen molar-refractivity contribution in [2.75, 3.05) is 12.4 Å². The first-order valence-electron chi connectivity index (χ1n) is 11.4. The van der Waals surface area contributed by atoms with Gasteiger partial charge in [-0.2, -0.15) is 0 Å². The third kappa shape index (κ3) is 7.33. The van der Waals surface area contributed by atoms with E-state index in [9.17, 15) is 14.4 Å². The molecule has 1 aliphatic carbocycles. The summed E-state index contributed by atoms with van der Waals surface area (Å²) >= 11 is 0. The average Bonchev–Trinajstić information content (AvgIpc) is 2.86. The highest BCUT2D eigenvalue weighted by molar-refractivity contribution is 6.05. The first kappa shape index (κ1) is 24.8. The molecule has 0 spiro atoms. The summed E-state index contributed by atoms with van der Waals surface area (Å²) in [6, 6.07) is 14.3. The number of ether oxygens (including phenoxy) is 2. The zero-order valence-corrected chi connectivity index (χ0v) is 19.4. The smallest absolute Gasteiger partial charge is 0.413 e. The summed E-state index contributed by atoms with van der Waals surface area (Å²) < 4.78 is 10.5. The molecule has 0 saturated heterocycles. The number of alkyl carbamates (subject to hydrolysis) is 1. The summed E-state index contributed by atoms with van der Waals surface area (Å²) in [6.45, 7) is 1.68. The van der Waals surface area contributed by atoms with Gasteiger partial charge in [0.1, 0.15) is 11.5 Å². The Hall–Kier alpha value is -3.88. The van der Waals surface area contributed by atoms with Crippen molar-refractivity contribution in [2.45, 2.75) is 45.4 Å². The highest BCUT2D eigenvalue weighted by Crippen LogP contribution is 2.33. The number of nitrogens with zero attached hydrogens (tertiary/aromatic N) is 1. The highest BCUT2D eigenvalue weighted by Gasteiger charge is 2.22. The Labute approximate surface area is 198 Å². The van der Waals surface area contributed by atoms with Crippen LogP contribution in [0.25, 0.3) is 0 Å². The van der Waals surface area contributed by atoms with Gasteiger partial charge < -0.3 is 14.8 Å². The maximum Gasteiger partial charge on any atom is 0.413 e. The molecule has 0 unspecified atom stereocenters. The molecule has 2 aromatic carbocycles. The van der Waals surface area contributed by atoms with Crippen LogP contribution in [0.15, 0.2) is 53.5 Å². The monoisotopic (exact) mass is 466 g/mol. The number of nitrogens with one attached hydrogen (secondary N) is 3. The Kier molecular flexibility index (Phi) is 9.02. The van der Waals surface area contributed by atoms with Crippen LogP contribution in [0.4, 0.5) is 16.2 Å². The fraction of sp³-hybridized carbons (Fsp3) is 0.360. The van der Waals surface area contributed by atoms with E-state index in [0.29, 0.717) is 22.9 Å². The van der Waals surface area contributed by atoms with E-state index in [1.807, 2.05) is 30.3 Å². The Bertz CT molecular complexity index is 1010. The molecule has 0 aromatic heterocycles. The first-order valence-corrected chi connectivity index (χ1v) is 11.4. The predicted octanol–water partition coefficient (Wildman–Crippen LogP) is 4.87. The van der Waals surface area contributed by atoms with E-state index >= 15 is 0 Å². The molecule has 0 aliphatic heterocycles. The van der Waals surface area contributed by atoms with Crippen molar-refractivity contribution in [3.63, 3.8) is 0 Å². The Morgan fingerprint density at radius 1 is 0.971 bits per heavy atom. The summed E-state index contributed by atoms with van der Waals surface area (Å²) in [6.07, 6.45) is 4.30. The standard InChI is InChI=1S/C25H30N4O5/c1-3-22(30)28-24(29-25(32)33-2)27-21-16-19(34-18-12-8-5-9-13-18)14-15-20(21)26-23(31)17-10-6-4-7-11-17/h5,8-9,12-17H,3-4,6-7,10-11H2,1-2H3,(H,26,31)(H2,27,28,29,30,32). The van der Waals surface area contributed by atoms with Crippen LogP contribution in [0.2, 0.25) is 0 Å². The Morgan fingerprint density at radius 3 is 2.38 bits per heavy atom. The molecule has 3 amide bonds. The van der Waals surface area contributed by atoms with Gasteiger partial charge in [-0.25, -0.2) is 9.79 Å². The van der Waals surface area contributed by atoms with E-state index in [0.717, 1.165) is 32.1 Å². The molecule has 9 nitrogen and oxygen atoms in total. The van der Waals surface area contributed by atoms with E-state index in [1.54, 1.807) is 25.1 Å². The van der Waals surface area contributed by atoms with Crippen molar-refractivity contribution in [1.29, 1.82) is 0 Å². The lowest BCUT2D eigenvalue weighted by Gasteiger charge is -2.21. The van der Waals surface area contributed by atoms with Crippen molar-refractivity contribution in [2.24, 2.45) is 10.9 Å². The number of carbonyl (C=O) groups excluding carboxylic acids is 3. The van der Waals surface area contributed by atoms with Gasteiger partial charge in [0.2, 0.25) is 17.8 Å². The van der Waals surface area contributed by atoms with Crippen LogP contribution in [-0.4, -0.2) is 31.0 Å². The molecule has 34 heavy (non-hydrogen) atoms. The summed E-state index contributed by atoms with van der Waals surface area (Å²) in [5.41, 5.74) is 0.742. The molecule has 1 aliphatic rings. The second-order valence-corrected chi connectivity index (χ2v) is 7.90. The lowest BCUT2D eigenvalue weighted by Crippen LogP contribution is -2.43. The van der Waals surface area contributed by atoms with Gasteiger partial charge in [-0.05, 0) is 37.1 Å². The summed E-state index contributed by atoms with van der Waals surface area (Å²) in [5.74, 6) is 0.498. The third-order valence-electron chi connectivity index (χ3n) is 5.40. The molecular weight excluding hydrogens is 436 g/mol. The second kappa shape index (κ2) is 12.4. The van der Waals surface area contributed by atoms with E-state index in [2.05, 4.69) is 25.7 Å². The van der Waals surface area contributed by atoms with E-state index in [-0.39, 0.29) is 30.1 Å². The van der Waals surface area contributed by atoms with Crippen LogP contribution >= 0.6 is 0 Å². The molecule has 1 saturated carbocycles. The third-order valence-corrected chi connectivity index (χ3v) is 5.40. The number of guanidine groups is 1. The van der Waals surface area contributed by atoms with Crippen LogP contribution in [0.5, 0.6) is 11.5 Å². The van der Waals surface area contributed by atoms with Crippen molar-refractivity contribution in [3.8, 4) is 11.5 Å². The summed E-state index contributed by atoms with van der Waals surface area (Å²) in [7, 11) is 1.21. The highest BCUT2D eigenvalue weighted by atomic mass is 16.5. The molecule has 0 atom stereocenters.